The van der Waals surface area contributed by atoms with Crippen LogP contribution >= 0.6 is 0 Å². The monoisotopic (exact) mass is 391 g/mol. The summed E-state index contributed by atoms with van der Waals surface area (Å²) in [7, 11) is 0. The van der Waals surface area contributed by atoms with E-state index >= 15 is 0 Å². The number of carbonyl (C=O) groups is 2. The zero-order chi connectivity index (χ0) is 20.4. The molecular formula is C18H29N7O3. The predicted molar refractivity (Wildman–Crippen MR) is 102 cm³/mol. The molecule has 1 amide bonds. The molecule has 3 N–H and O–H groups in total. The average Bonchev–Trinajstić information content (AvgIpc) is 3.35. The van der Waals surface area contributed by atoms with Crippen molar-refractivity contribution >= 4 is 12.4 Å². The molecule has 2 aromatic heterocycles. The van der Waals surface area contributed by atoms with E-state index in [0.717, 1.165) is 57.1 Å². The first-order chi connectivity index (χ1) is 13.6. The minimum absolute atomic E-state index is 0.0600. The van der Waals surface area contributed by atoms with Crippen LogP contribution in [0.25, 0.3) is 0 Å². The van der Waals surface area contributed by atoms with Crippen LogP contribution in [0.4, 0.5) is 0 Å². The zero-order valence-corrected chi connectivity index (χ0v) is 16.4. The van der Waals surface area contributed by atoms with E-state index in [9.17, 15) is 4.79 Å². The first-order valence-corrected chi connectivity index (χ1v) is 9.52. The third-order valence-corrected chi connectivity index (χ3v) is 4.81. The smallest absolute Gasteiger partial charge is 0.290 e. The lowest BCUT2D eigenvalue weighted by Gasteiger charge is -2.31. The molecule has 2 aromatic rings. The quantitative estimate of drug-likeness (QED) is 0.600. The third-order valence-electron chi connectivity index (χ3n) is 4.81. The van der Waals surface area contributed by atoms with Gasteiger partial charge in [-0.05, 0) is 51.3 Å². The number of aromatic amines is 1. The van der Waals surface area contributed by atoms with Gasteiger partial charge >= 0.3 is 0 Å². The van der Waals surface area contributed by atoms with Crippen LogP contribution in [0.15, 0.2) is 18.5 Å². The number of carbonyl (C=O) groups excluding carboxylic acids is 1. The summed E-state index contributed by atoms with van der Waals surface area (Å²) in [6.07, 6.45) is 6.46. The van der Waals surface area contributed by atoms with Gasteiger partial charge in [-0.1, -0.05) is 6.92 Å². The summed E-state index contributed by atoms with van der Waals surface area (Å²) >= 11 is 0. The van der Waals surface area contributed by atoms with Gasteiger partial charge in [0, 0.05) is 18.9 Å². The summed E-state index contributed by atoms with van der Waals surface area (Å²) in [5.74, 6) is 2.30. The van der Waals surface area contributed by atoms with Gasteiger partial charge in [0.05, 0.1) is 6.54 Å². The zero-order valence-electron chi connectivity index (χ0n) is 16.4. The molecule has 0 bridgehead atoms. The fraction of sp³-hybridized carbons (Fsp3) is 0.611. The number of rotatable bonds is 7. The van der Waals surface area contributed by atoms with E-state index in [1.807, 2.05) is 26.1 Å². The molecule has 1 aliphatic heterocycles. The van der Waals surface area contributed by atoms with Crippen LogP contribution in [-0.4, -0.2) is 67.0 Å². The SMILES string of the molecule is CCC(C(=O)NCC1CCN(Cc2n[nH]c(C)n2)CC1)n1cccn1.O=CO. The Morgan fingerprint density at radius 2 is 2.18 bits per heavy atom. The summed E-state index contributed by atoms with van der Waals surface area (Å²) in [5, 5.41) is 21.3. The van der Waals surface area contributed by atoms with Crippen molar-refractivity contribution in [3.8, 4) is 0 Å². The summed E-state index contributed by atoms with van der Waals surface area (Å²) < 4.78 is 1.73. The number of aryl methyl sites for hydroxylation is 1. The van der Waals surface area contributed by atoms with Gasteiger partial charge in [0.1, 0.15) is 11.9 Å². The highest BCUT2D eigenvalue weighted by atomic mass is 16.3. The number of hydrogen-bond acceptors (Lipinski definition) is 6. The Morgan fingerprint density at radius 1 is 1.46 bits per heavy atom. The first kappa shape index (κ1) is 21.5. The van der Waals surface area contributed by atoms with Crippen LogP contribution in [-0.2, 0) is 16.1 Å². The highest BCUT2D eigenvalue weighted by Gasteiger charge is 2.23. The molecule has 1 unspecified atom stereocenters. The Labute approximate surface area is 164 Å². The van der Waals surface area contributed by atoms with Crippen molar-refractivity contribution in [3.05, 3.63) is 30.1 Å². The number of likely N-dealkylation sites (tertiary alicyclic amines) is 1. The second-order valence-corrected chi connectivity index (χ2v) is 6.82. The average molecular weight is 391 g/mol. The Kier molecular flexibility index (Phi) is 8.60. The topological polar surface area (TPSA) is 129 Å². The van der Waals surface area contributed by atoms with Crippen LogP contribution < -0.4 is 5.32 Å². The molecular weight excluding hydrogens is 362 g/mol. The van der Waals surface area contributed by atoms with Crippen molar-refractivity contribution in [1.82, 2.24) is 35.2 Å². The second-order valence-electron chi connectivity index (χ2n) is 6.82. The van der Waals surface area contributed by atoms with Crippen LogP contribution in [0.3, 0.4) is 0 Å². The fourth-order valence-corrected chi connectivity index (χ4v) is 3.33. The maximum absolute atomic E-state index is 12.4. The first-order valence-electron chi connectivity index (χ1n) is 9.52. The maximum atomic E-state index is 12.4. The lowest BCUT2D eigenvalue weighted by Crippen LogP contribution is -2.40. The van der Waals surface area contributed by atoms with Gasteiger partial charge in [-0.25, -0.2) is 4.98 Å². The number of nitrogens with one attached hydrogen (secondary N) is 2. The van der Waals surface area contributed by atoms with Crippen molar-refractivity contribution in [3.63, 3.8) is 0 Å². The molecule has 0 radical (unpaired) electrons. The van der Waals surface area contributed by atoms with Gasteiger partial charge < -0.3 is 10.4 Å². The molecule has 1 fully saturated rings. The molecule has 1 atom stereocenters. The summed E-state index contributed by atoms with van der Waals surface area (Å²) in [6, 6.07) is 1.63. The number of carboxylic acid groups (broad SMARTS) is 1. The highest BCUT2D eigenvalue weighted by Crippen LogP contribution is 2.18. The molecule has 1 aliphatic rings. The van der Waals surface area contributed by atoms with Crippen molar-refractivity contribution in [2.45, 2.75) is 45.7 Å². The minimum atomic E-state index is -0.250. The second kappa shape index (κ2) is 11.2. The molecule has 3 rings (SSSR count). The van der Waals surface area contributed by atoms with Gasteiger partial charge in [-0.3, -0.25) is 24.3 Å². The van der Waals surface area contributed by atoms with Crippen LogP contribution in [0.1, 0.15) is 43.9 Å². The number of piperidine rings is 1. The van der Waals surface area contributed by atoms with E-state index in [-0.39, 0.29) is 18.4 Å². The standard InChI is InChI=1S/C17H27N7O.CH2O2/c1-3-15(24-8-4-7-19-24)17(25)18-11-14-5-9-23(10-6-14)12-16-20-13(2)21-22-16;2-1-3/h4,7-8,14-15H,3,5-6,9-12H2,1-2H3,(H,18,25)(H,20,21,22);1H,(H,2,3). The summed E-state index contributed by atoms with van der Waals surface area (Å²) in [6.45, 7) is 7.24. The Morgan fingerprint density at radius 3 is 2.71 bits per heavy atom. The number of hydrogen-bond donors (Lipinski definition) is 3. The Bertz CT molecular complexity index is 709. The minimum Gasteiger partial charge on any atom is -0.483 e. The van der Waals surface area contributed by atoms with Gasteiger partial charge in [-0.15, -0.1) is 0 Å². The van der Waals surface area contributed by atoms with Crippen molar-refractivity contribution in [2.24, 2.45) is 5.92 Å². The molecule has 0 spiro atoms. The van der Waals surface area contributed by atoms with Gasteiger partial charge in [0.2, 0.25) is 5.91 Å². The number of aromatic nitrogens is 5. The van der Waals surface area contributed by atoms with Gasteiger partial charge in [0.25, 0.3) is 6.47 Å². The maximum Gasteiger partial charge on any atom is 0.290 e. The normalized spacial score (nSPS) is 16.1. The molecule has 28 heavy (non-hydrogen) atoms. The predicted octanol–water partition coefficient (Wildman–Crippen LogP) is 0.990. The van der Waals surface area contributed by atoms with E-state index in [1.54, 1.807) is 10.9 Å². The molecule has 0 saturated carbocycles. The van der Waals surface area contributed by atoms with E-state index in [4.69, 9.17) is 9.90 Å². The molecule has 1 saturated heterocycles. The highest BCUT2D eigenvalue weighted by molar-refractivity contribution is 5.80. The molecule has 10 heteroatoms. The largest absolute Gasteiger partial charge is 0.483 e. The van der Waals surface area contributed by atoms with E-state index in [0.29, 0.717) is 5.92 Å². The van der Waals surface area contributed by atoms with E-state index in [1.165, 1.54) is 0 Å². The number of H-pyrrole nitrogens is 1. The van der Waals surface area contributed by atoms with Gasteiger partial charge in [0.15, 0.2) is 5.82 Å². The van der Waals surface area contributed by atoms with Crippen molar-refractivity contribution in [2.75, 3.05) is 19.6 Å². The molecule has 0 aromatic carbocycles. The van der Waals surface area contributed by atoms with E-state index < -0.39 is 0 Å². The Hall–Kier alpha value is -2.75. The van der Waals surface area contributed by atoms with Crippen LogP contribution in [0, 0.1) is 12.8 Å². The van der Waals surface area contributed by atoms with Crippen molar-refractivity contribution < 1.29 is 14.7 Å². The number of nitrogens with zero attached hydrogens (tertiary/aromatic N) is 5. The fourth-order valence-electron chi connectivity index (χ4n) is 3.33. The van der Waals surface area contributed by atoms with Crippen LogP contribution in [0.2, 0.25) is 0 Å². The van der Waals surface area contributed by atoms with Crippen LogP contribution in [0.5, 0.6) is 0 Å². The van der Waals surface area contributed by atoms with Gasteiger partial charge in [-0.2, -0.15) is 10.2 Å². The number of amides is 1. The third kappa shape index (κ3) is 6.45. The summed E-state index contributed by atoms with van der Waals surface area (Å²) in [4.78, 5) is 27.5. The summed E-state index contributed by atoms with van der Waals surface area (Å²) in [5.41, 5.74) is 0. The molecule has 10 nitrogen and oxygen atoms in total. The van der Waals surface area contributed by atoms with Crippen molar-refractivity contribution in [1.29, 1.82) is 0 Å². The lowest BCUT2D eigenvalue weighted by atomic mass is 9.96. The van der Waals surface area contributed by atoms with E-state index in [2.05, 4.69) is 30.5 Å². The molecule has 3 heterocycles. The molecule has 0 aliphatic carbocycles. The molecule has 154 valence electrons. The Balaban J connectivity index is 0.000000878. The lowest BCUT2D eigenvalue weighted by molar-refractivity contribution is -0.125.